The molecule has 0 bridgehead atoms. The molecule has 0 aliphatic carbocycles. The second-order valence-corrected chi connectivity index (χ2v) is 4.60. The normalized spacial score (nSPS) is 14.9. The minimum Gasteiger partial charge on any atom is -0.288 e. The van der Waals surface area contributed by atoms with Crippen LogP contribution in [0.15, 0.2) is 0 Å². The molecule has 0 saturated heterocycles. The molecule has 16 heavy (non-hydrogen) atoms. The Hall–Kier alpha value is -0.330. The van der Waals surface area contributed by atoms with Crippen molar-refractivity contribution in [3.63, 3.8) is 0 Å². The highest BCUT2D eigenvalue weighted by Gasteiger charge is 2.54. The van der Waals surface area contributed by atoms with Crippen LogP contribution in [-0.4, -0.2) is 28.9 Å². The van der Waals surface area contributed by atoms with Crippen molar-refractivity contribution in [2.45, 2.75) is 44.7 Å². The number of hydrogen-bond donors (Lipinski definition) is 0. The van der Waals surface area contributed by atoms with Gasteiger partial charge in [0.25, 0.3) is 11.8 Å². The Kier molecular flexibility index (Phi) is 5.72. The first-order chi connectivity index (χ1) is 7.13. The molecule has 0 aromatic rings. The minimum atomic E-state index is -4.11. The van der Waals surface area contributed by atoms with Crippen LogP contribution >= 0.6 is 11.8 Å². The molecule has 0 heterocycles. The van der Waals surface area contributed by atoms with Gasteiger partial charge in [-0.25, -0.2) is 22.0 Å². The second kappa shape index (κ2) is 5.84. The maximum absolute atomic E-state index is 13.0. The Morgan fingerprint density at radius 1 is 1.25 bits per heavy atom. The van der Waals surface area contributed by atoms with Gasteiger partial charge in [-0.05, 0) is 0 Å². The number of hydrogen-bond acceptors (Lipinski definition) is 2. The summed E-state index contributed by atoms with van der Waals surface area (Å²) in [5.74, 6) is -8.52. The van der Waals surface area contributed by atoms with Crippen LogP contribution in [0, 0.1) is 0 Å². The molecule has 1 atom stereocenters. The average molecular weight is 264 g/mol. The maximum atomic E-state index is 13.0. The van der Waals surface area contributed by atoms with Gasteiger partial charge in [0.15, 0.2) is 5.12 Å². The first-order valence-electron chi connectivity index (χ1n) is 4.66. The fourth-order valence-corrected chi connectivity index (χ4v) is 1.61. The number of rotatable bonds is 6. The number of halogens is 5. The van der Waals surface area contributed by atoms with Crippen molar-refractivity contribution < 1.29 is 26.7 Å². The molecule has 0 aliphatic rings. The lowest BCUT2D eigenvalue weighted by Crippen LogP contribution is -2.44. The zero-order valence-electron chi connectivity index (χ0n) is 8.90. The number of thioether (sulfide) groups is 1. The summed E-state index contributed by atoms with van der Waals surface area (Å²) in [7, 11) is 0. The fraction of sp³-hybridized carbons (Fsp3) is 0.889. The molecular formula is C9H13F5OS. The molecule has 0 amide bonds. The topological polar surface area (TPSA) is 17.1 Å². The van der Waals surface area contributed by atoms with Crippen molar-refractivity contribution in [1.29, 1.82) is 0 Å². The van der Waals surface area contributed by atoms with Crippen LogP contribution < -0.4 is 0 Å². The molecule has 0 N–H and O–H groups in total. The van der Waals surface area contributed by atoms with E-state index >= 15 is 0 Å². The third-order valence-electron chi connectivity index (χ3n) is 1.95. The Balaban J connectivity index is 4.36. The van der Waals surface area contributed by atoms with E-state index in [2.05, 4.69) is 0 Å². The van der Waals surface area contributed by atoms with Crippen LogP contribution in [0.25, 0.3) is 0 Å². The van der Waals surface area contributed by atoms with Gasteiger partial charge in [0.1, 0.15) is 0 Å². The standard InChI is InChI=1S/C9H13F5OS/c1-3-8(11,12)7(10)9(13,14)4-5-16-6(2)15/h7H,3-5H2,1-2H3. The van der Waals surface area contributed by atoms with Crippen molar-refractivity contribution >= 4 is 16.9 Å². The van der Waals surface area contributed by atoms with Crippen LogP contribution in [0.1, 0.15) is 26.7 Å². The molecule has 0 radical (unpaired) electrons. The quantitative estimate of drug-likeness (QED) is 0.681. The molecular weight excluding hydrogens is 251 g/mol. The zero-order chi connectivity index (χ0) is 13.0. The lowest BCUT2D eigenvalue weighted by molar-refractivity contribution is -0.182. The highest BCUT2D eigenvalue weighted by molar-refractivity contribution is 8.13. The first-order valence-corrected chi connectivity index (χ1v) is 5.65. The van der Waals surface area contributed by atoms with Crippen molar-refractivity contribution in [3.05, 3.63) is 0 Å². The van der Waals surface area contributed by atoms with Gasteiger partial charge in [-0.2, -0.15) is 0 Å². The van der Waals surface area contributed by atoms with E-state index in [0.717, 1.165) is 13.8 Å². The Bertz CT molecular complexity index is 244. The monoisotopic (exact) mass is 264 g/mol. The molecule has 96 valence electrons. The van der Waals surface area contributed by atoms with Gasteiger partial charge in [-0.3, -0.25) is 4.79 Å². The molecule has 0 aromatic carbocycles. The molecule has 0 saturated carbocycles. The SMILES string of the molecule is CCC(F)(F)C(F)C(F)(F)CCSC(C)=O. The van der Waals surface area contributed by atoms with Gasteiger partial charge in [0, 0.05) is 25.5 Å². The number of carbonyl (C=O) groups is 1. The van der Waals surface area contributed by atoms with Crippen LogP contribution in [0.4, 0.5) is 22.0 Å². The second-order valence-electron chi connectivity index (χ2n) is 3.33. The molecule has 0 rings (SSSR count). The van der Waals surface area contributed by atoms with E-state index in [9.17, 15) is 26.7 Å². The Labute approximate surface area is 94.8 Å². The third-order valence-corrected chi connectivity index (χ3v) is 2.77. The van der Waals surface area contributed by atoms with Crippen molar-refractivity contribution in [3.8, 4) is 0 Å². The molecule has 0 aromatic heterocycles. The smallest absolute Gasteiger partial charge is 0.285 e. The summed E-state index contributed by atoms with van der Waals surface area (Å²) in [5.41, 5.74) is 0. The first kappa shape index (κ1) is 15.7. The van der Waals surface area contributed by atoms with Gasteiger partial charge in [-0.1, -0.05) is 18.7 Å². The van der Waals surface area contributed by atoms with E-state index < -0.39 is 36.0 Å². The summed E-state index contributed by atoms with van der Waals surface area (Å²) in [5, 5.41) is -0.409. The largest absolute Gasteiger partial charge is 0.288 e. The van der Waals surface area contributed by atoms with Crippen LogP contribution in [0.3, 0.4) is 0 Å². The summed E-state index contributed by atoms with van der Waals surface area (Å²) in [6, 6.07) is 0. The summed E-state index contributed by atoms with van der Waals surface area (Å²) < 4.78 is 64.2. The molecule has 1 unspecified atom stereocenters. The highest BCUT2D eigenvalue weighted by Crippen LogP contribution is 2.38. The van der Waals surface area contributed by atoms with E-state index in [1.807, 2.05) is 0 Å². The molecule has 1 nitrogen and oxygen atoms in total. The third kappa shape index (κ3) is 4.67. The molecule has 7 heteroatoms. The summed E-state index contributed by atoms with van der Waals surface area (Å²) in [6.45, 7) is 2.10. The van der Waals surface area contributed by atoms with Gasteiger partial charge < -0.3 is 0 Å². The highest BCUT2D eigenvalue weighted by atomic mass is 32.2. The molecule has 0 aliphatic heterocycles. The Morgan fingerprint density at radius 2 is 1.75 bits per heavy atom. The van der Waals surface area contributed by atoms with Gasteiger partial charge in [0.05, 0.1) is 0 Å². The number of alkyl halides is 5. The average Bonchev–Trinajstić information content (AvgIpc) is 2.15. The predicted octanol–water partition coefficient (Wildman–Crippen LogP) is 3.67. The van der Waals surface area contributed by atoms with E-state index in [0.29, 0.717) is 11.8 Å². The lowest BCUT2D eigenvalue weighted by Gasteiger charge is -2.26. The molecule has 0 spiro atoms. The van der Waals surface area contributed by atoms with E-state index in [-0.39, 0.29) is 5.75 Å². The van der Waals surface area contributed by atoms with Gasteiger partial charge in [0.2, 0.25) is 6.17 Å². The van der Waals surface area contributed by atoms with Crippen LogP contribution in [0.5, 0.6) is 0 Å². The summed E-state index contributed by atoms with van der Waals surface area (Å²) in [6.07, 6.45) is -5.56. The maximum Gasteiger partial charge on any atom is 0.285 e. The Morgan fingerprint density at radius 3 is 2.12 bits per heavy atom. The van der Waals surface area contributed by atoms with Crippen molar-refractivity contribution in [1.82, 2.24) is 0 Å². The summed E-state index contributed by atoms with van der Waals surface area (Å²) in [4.78, 5) is 10.4. The summed E-state index contributed by atoms with van der Waals surface area (Å²) >= 11 is 0.563. The van der Waals surface area contributed by atoms with E-state index in [4.69, 9.17) is 0 Å². The van der Waals surface area contributed by atoms with Crippen molar-refractivity contribution in [2.75, 3.05) is 5.75 Å². The zero-order valence-corrected chi connectivity index (χ0v) is 9.72. The van der Waals surface area contributed by atoms with Crippen molar-refractivity contribution in [2.24, 2.45) is 0 Å². The van der Waals surface area contributed by atoms with Crippen LogP contribution in [-0.2, 0) is 4.79 Å². The van der Waals surface area contributed by atoms with E-state index in [1.54, 1.807) is 0 Å². The molecule has 0 fully saturated rings. The predicted molar refractivity (Wildman–Crippen MR) is 52.8 cm³/mol. The minimum absolute atomic E-state index is 0.372. The van der Waals surface area contributed by atoms with E-state index in [1.165, 1.54) is 0 Å². The van der Waals surface area contributed by atoms with Gasteiger partial charge in [-0.15, -0.1) is 0 Å². The van der Waals surface area contributed by atoms with Gasteiger partial charge >= 0.3 is 0 Å². The fourth-order valence-electron chi connectivity index (χ4n) is 0.946. The number of carbonyl (C=O) groups excluding carboxylic acids is 1. The lowest BCUT2D eigenvalue weighted by atomic mass is 10.0. The van der Waals surface area contributed by atoms with Crippen LogP contribution in [0.2, 0.25) is 0 Å².